The summed E-state index contributed by atoms with van der Waals surface area (Å²) in [4.78, 5) is 10.9. The van der Waals surface area contributed by atoms with Gasteiger partial charge in [-0.2, -0.15) is 4.31 Å². The maximum absolute atomic E-state index is 13.1. The van der Waals surface area contributed by atoms with E-state index in [0.717, 1.165) is 16.4 Å². The minimum atomic E-state index is -3.91. The number of aliphatic carboxylic acids is 1. The van der Waals surface area contributed by atoms with Crippen molar-refractivity contribution in [1.82, 2.24) is 4.31 Å². The van der Waals surface area contributed by atoms with Crippen molar-refractivity contribution >= 4 is 27.6 Å². The van der Waals surface area contributed by atoms with Crippen LogP contribution in [0.25, 0.3) is 0 Å². The van der Waals surface area contributed by atoms with E-state index in [9.17, 15) is 17.6 Å². The Morgan fingerprint density at radius 1 is 1.50 bits per heavy atom. The summed E-state index contributed by atoms with van der Waals surface area (Å²) in [5.41, 5.74) is 0.0997. The summed E-state index contributed by atoms with van der Waals surface area (Å²) in [5, 5.41) is 9.04. The Hall–Kier alpha value is -1.18. The van der Waals surface area contributed by atoms with Gasteiger partial charge < -0.3 is 5.11 Å². The average Bonchev–Trinajstić information content (AvgIpc) is 2.33. The summed E-state index contributed by atoms with van der Waals surface area (Å²) in [6.07, 6.45) is 0. The number of carbonyl (C=O) groups is 1. The number of carboxylic acid groups (broad SMARTS) is 1. The molecule has 0 heterocycles. The zero-order valence-corrected chi connectivity index (χ0v) is 12.6. The van der Waals surface area contributed by atoms with Crippen LogP contribution in [0, 0.1) is 5.82 Å². The predicted molar refractivity (Wildman–Crippen MR) is 73.5 cm³/mol. The smallest absolute Gasteiger partial charge is 0.321 e. The largest absolute Gasteiger partial charge is 0.480 e. The summed E-state index contributed by atoms with van der Waals surface area (Å²) >= 11 is 5.83. The Bertz CT molecular complexity index is 605. The van der Waals surface area contributed by atoms with E-state index in [-0.39, 0.29) is 17.1 Å². The zero-order valence-electron chi connectivity index (χ0n) is 11.0. The van der Waals surface area contributed by atoms with Crippen molar-refractivity contribution in [2.24, 2.45) is 0 Å². The summed E-state index contributed by atoms with van der Waals surface area (Å²) in [5.74, 6) is -2.40. The first-order valence-corrected chi connectivity index (χ1v) is 7.84. The minimum Gasteiger partial charge on any atom is -0.480 e. The quantitative estimate of drug-likeness (QED) is 0.870. The van der Waals surface area contributed by atoms with E-state index in [2.05, 4.69) is 0 Å². The maximum atomic E-state index is 13.1. The van der Waals surface area contributed by atoms with Crippen LogP contribution in [0.5, 0.6) is 0 Å². The number of sulfonamides is 1. The molecule has 112 valence electrons. The molecule has 0 fully saturated rings. The Morgan fingerprint density at radius 2 is 2.10 bits per heavy atom. The summed E-state index contributed by atoms with van der Waals surface area (Å²) in [6, 6.07) is 2.21. The lowest BCUT2D eigenvalue weighted by molar-refractivity contribution is -0.140. The molecule has 5 nitrogen and oxygen atoms in total. The third kappa shape index (κ3) is 3.91. The number of benzene rings is 1. The standard InChI is InChI=1S/C12H15ClFNO4S/c1-3-15(8(2)12(16)17)20(18,19)7-9-6-10(14)4-5-11(9)13/h4-6,8H,3,7H2,1-2H3,(H,16,17). The van der Waals surface area contributed by atoms with Gasteiger partial charge in [0.25, 0.3) is 0 Å². The number of carboxylic acids is 1. The number of hydrogen-bond acceptors (Lipinski definition) is 3. The fourth-order valence-corrected chi connectivity index (χ4v) is 3.79. The SMILES string of the molecule is CCN(C(C)C(=O)O)S(=O)(=O)Cc1cc(F)ccc1Cl. The highest BCUT2D eigenvalue weighted by atomic mass is 35.5. The van der Waals surface area contributed by atoms with Gasteiger partial charge in [0.15, 0.2) is 0 Å². The monoisotopic (exact) mass is 323 g/mol. The van der Waals surface area contributed by atoms with Crippen LogP contribution >= 0.6 is 11.6 Å². The molecule has 0 aliphatic carbocycles. The highest BCUT2D eigenvalue weighted by Crippen LogP contribution is 2.22. The second kappa shape index (κ2) is 6.51. The third-order valence-corrected chi connectivity index (χ3v) is 5.14. The molecular formula is C12H15ClFNO4S. The molecule has 0 bridgehead atoms. The van der Waals surface area contributed by atoms with E-state index in [4.69, 9.17) is 16.7 Å². The molecular weight excluding hydrogens is 309 g/mol. The Labute approximate surface area is 122 Å². The van der Waals surface area contributed by atoms with Gasteiger partial charge in [0, 0.05) is 11.6 Å². The van der Waals surface area contributed by atoms with Crippen molar-refractivity contribution in [2.45, 2.75) is 25.6 Å². The number of nitrogens with zero attached hydrogens (tertiary/aromatic N) is 1. The molecule has 20 heavy (non-hydrogen) atoms. The summed E-state index contributed by atoms with van der Waals surface area (Å²) in [6.45, 7) is 2.81. The minimum absolute atomic E-state index is 0.00271. The molecule has 0 spiro atoms. The van der Waals surface area contributed by atoms with Crippen LogP contribution in [-0.4, -0.2) is 36.4 Å². The first-order valence-electron chi connectivity index (χ1n) is 5.85. The lowest BCUT2D eigenvalue weighted by atomic mass is 10.2. The molecule has 0 aliphatic heterocycles. The Kier molecular flexibility index (Phi) is 5.50. The fraction of sp³-hybridized carbons (Fsp3) is 0.417. The summed E-state index contributed by atoms with van der Waals surface area (Å²) in [7, 11) is -3.91. The molecule has 1 rings (SSSR count). The van der Waals surface area contributed by atoms with Crippen LogP contribution in [0.3, 0.4) is 0 Å². The number of halogens is 2. The van der Waals surface area contributed by atoms with Gasteiger partial charge in [0.1, 0.15) is 11.9 Å². The predicted octanol–water partition coefficient (Wildman–Crippen LogP) is 2.10. The van der Waals surface area contributed by atoms with Crippen LogP contribution in [0.2, 0.25) is 5.02 Å². The highest BCUT2D eigenvalue weighted by Gasteiger charge is 2.30. The molecule has 1 unspecified atom stereocenters. The van der Waals surface area contributed by atoms with Gasteiger partial charge >= 0.3 is 5.97 Å². The van der Waals surface area contributed by atoms with Crippen molar-refractivity contribution in [3.63, 3.8) is 0 Å². The third-order valence-electron chi connectivity index (χ3n) is 2.80. The van der Waals surface area contributed by atoms with Gasteiger partial charge in [0.2, 0.25) is 10.0 Å². The van der Waals surface area contributed by atoms with Crippen LogP contribution < -0.4 is 0 Å². The molecule has 0 saturated heterocycles. The number of likely N-dealkylation sites (N-methyl/N-ethyl adjacent to an activating group) is 1. The maximum Gasteiger partial charge on any atom is 0.321 e. The first-order chi connectivity index (χ1) is 9.19. The molecule has 0 saturated carbocycles. The molecule has 0 amide bonds. The molecule has 0 aromatic heterocycles. The molecule has 1 N–H and O–H groups in total. The van der Waals surface area contributed by atoms with E-state index in [1.54, 1.807) is 0 Å². The lowest BCUT2D eigenvalue weighted by Gasteiger charge is -2.24. The van der Waals surface area contributed by atoms with Gasteiger partial charge in [0.05, 0.1) is 5.75 Å². The van der Waals surface area contributed by atoms with Crippen molar-refractivity contribution < 1.29 is 22.7 Å². The van der Waals surface area contributed by atoms with Gasteiger partial charge in [-0.1, -0.05) is 18.5 Å². The fourth-order valence-electron chi connectivity index (χ4n) is 1.77. The Balaban J connectivity index is 3.10. The molecule has 8 heteroatoms. The summed E-state index contributed by atoms with van der Waals surface area (Å²) < 4.78 is 38.4. The Morgan fingerprint density at radius 3 is 2.60 bits per heavy atom. The van der Waals surface area contributed by atoms with Crippen molar-refractivity contribution in [3.05, 3.63) is 34.6 Å². The van der Waals surface area contributed by atoms with Crippen LogP contribution in [0.4, 0.5) is 4.39 Å². The van der Waals surface area contributed by atoms with Gasteiger partial charge in [-0.15, -0.1) is 0 Å². The highest BCUT2D eigenvalue weighted by molar-refractivity contribution is 7.88. The van der Waals surface area contributed by atoms with Crippen molar-refractivity contribution in [2.75, 3.05) is 6.54 Å². The normalized spacial score (nSPS) is 13.4. The molecule has 1 aromatic rings. The molecule has 1 aromatic carbocycles. The molecule has 0 radical (unpaired) electrons. The van der Waals surface area contributed by atoms with Crippen LogP contribution in [-0.2, 0) is 20.6 Å². The number of hydrogen-bond donors (Lipinski definition) is 1. The molecule has 0 aliphatic rings. The second-order valence-electron chi connectivity index (χ2n) is 4.21. The van der Waals surface area contributed by atoms with Crippen molar-refractivity contribution in [3.8, 4) is 0 Å². The van der Waals surface area contributed by atoms with Crippen LogP contribution in [0.1, 0.15) is 19.4 Å². The van der Waals surface area contributed by atoms with Crippen molar-refractivity contribution in [1.29, 1.82) is 0 Å². The second-order valence-corrected chi connectivity index (χ2v) is 6.54. The van der Waals surface area contributed by atoms with Crippen LogP contribution in [0.15, 0.2) is 18.2 Å². The first kappa shape index (κ1) is 16.9. The van der Waals surface area contributed by atoms with E-state index in [0.29, 0.717) is 0 Å². The zero-order chi connectivity index (χ0) is 15.5. The molecule has 1 atom stereocenters. The van der Waals surface area contributed by atoms with Gasteiger partial charge in [-0.3, -0.25) is 4.79 Å². The number of rotatable bonds is 6. The van der Waals surface area contributed by atoms with E-state index >= 15 is 0 Å². The average molecular weight is 324 g/mol. The van der Waals surface area contributed by atoms with E-state index in [1.165, 1.54) is 19.9 Å². The lowest BCUT2D eigenvalue weighted by Crippen LogP contribution is -2.43. The van der Waals surface area contributed by atoms with Gasteiger partial charge in [-0.25, -0.2) is 12.8 Å². The van der Waals surface area contributed by atoms with Gasteiger partial charge in [-0.05, 0) is 30.7 Å². The van der Waals surface area contributed by atoms with E-state index < -0.39 is 33.6 Å². The topological polar surface area (TPSA) is 74.7 Å². The van der Waals surface area contributed by atoms with E-state index in [1.807, 2.05) is 0 Å².